The van der Waals surface area contributed by atoms with Crippen LogP contribution in [0, 0.1) is 5.92 Å². The van der Waals surface area contributed by atoms with Crippen molar-refractivity contribution >= 4 is 5.69 Å². The molecule has 0 spiro atoms. The Hall–Kier alpha value is -2.00. The first kappa shape index (κ1) is 14.9. The van der Waals surface area contributed by atoms with E-state index in [9.17, 15) is 0 Å². The van der Waals surface area contributed by atoms with Crippen LogP contribution in [0.4, 0.5) is 5.69 Å². The fraction of sp³-hybridized carbons (Fsp3) is 0.368. The van der Waals surface area contributed by atoms with E-state index in [1.807, 2.05) is 42.5 Å². The molecule has 1 fully saturated rings. The third kappa shape index (κ3) is 4.01. The predicted octanol–water partition coefficient (Wildman–Crippen LogP) is 4.71. The normalized spacial score (nSPS) is 17.0. The molecule has 1 N–H and O–H groups in total. The van der Waals surface area contributed by atoms with Gasteiger partial charge in [0.1, 0.15) is 11.5 Å². The summed E-state index contributed by atoms with van der Waals surface area (Å²) >= 11 is 0. The molecule has 0 aliphatic carbocycles. The smallest absolute Gasteiger partial charge is 0.127 e. The lowest BCUT2D eigenvalue weighted by Gasteiger charge is -2.29. The summed E-state index contributed by atoms with van der Waals surface area (Å²) in [5.41, 5.74) is 1.14. The highest BCUT2D eigenvalue weighted by molar-refractivity contribution is 5.47. The van der Waals surface area contributed by atoms with Crippen molar-refractivity contribution in [2.24, 2.45) is 5.92 Å². The molecule has 1 saturated heterocycles. The molecule has 0 aromatic heterocycles. The molecule has 0 saturated carbocycles. The van der Waals surface area contributed by atoms with E-state index in [4.69, 9.17) is 9.47 Å². The van der Waals surface area contributed by atoms with Crippen molar-refractivity contribution in [2.45, 2.75) is 25.8 Å². The summed E-state index contributed by atoms with van der Waals surface area (Å²) in [4.78, 5) is 0. The zero-order valence-electron chi connectivity index (χ0n) is 13.0. The minimum atomic E-state index is 0.463. The molecule has 1 atom stereocenters. The summed E-state index contributed by atoms with van der Waals surface area (Å²) in [6, 6.07) is 18.5. The molecular formula is C19H23NO2. The number of anilines is 1. The van der Waals surface area contributed by atoms with Crippen molar-refractivity contribution in [1.82, 2.24) is 0 Å². The minimum Gasteiger partial charge on any atom is -0.457 e. The van der Waals surface area contributed by atoms with Gasteiger partial charge in [-0.2, -0.15) is 0 Å². The number of benzene rings is 2. The summed E-state index contributed by atoms with van der Waals surface area (Å²) in [6.07, 6.45) is 2.28. The summed E-state index contributed by atoms with van der Waals surface area (Å²) < 4.78 is 11.2. The van der Waals surface area contributed by atoms with E-state index in [0.717, 1.165) is 43.2 Å². The Morgan fingerprint density at radius 2 is 1.59 bits per heavy atom. The Kier molecular flexibility index (Phi) is 4.96. The standard InChI is InChI=1S/C19H23NO2/c1-15(16-11-13-21-14-12-16)20-17-7-9-19(10-8-17)22-18-5-3-2-4-6-18/h2-10,15-16,20H,11-14H2,1H3. The van der Waals surface area contributed by atoms with Gasteiger partial charge in [0.05, 0.1) is 0 Å². The molecule has 116 valence electrons. The van der Waals surface area contributed by atoms with Crippen LogP contribution >= 0.6 is 0 Å². The van der Waals surface area contributed by atoms with Crippen LogP contribution in [0.1, 0.15) is 19.8 Å². The van der Waals surface area contributed by atoms with E-state index in [2.05, 4.69) is 24.4 Å². The van der Waals surface area contributed by atoms with E-state index < -0.39 is 0 Å². The van der Waals surface area contributed by atoms with Gasteiger partial charge in [-0.25, -0.2) is 0 Å². The van der Waals surface area contributed by atoms with E-state index in [0.29, 0.717) is 12.0 Å². The maximum absolute atomic E-state index is 5.81. The fourth-order valence-corrected chi connectivity index (χ4v) is 2.84. The highest BCUT2D eigenvalue weighted by Gasteiger charge is 2.20. The zero-order valence-corrected chi connectivity index (χ0v) is 13.0. The van der Waals surface area contributed by atoms with Crippen molar-refractivity contribution < 1.29 is 9.47 Å². The predicted molar refractivity (Wildman–Crippen MR) is 89.6 cm³/mol. The molecule has 0 bridgehead atoms. The van der Waals surface area contributed by atoms with Crippen molar-refractivity contribution in [3.05, 3.63) is 54.6 Å². The number of ether oxygens (including phenoxy) is 2. The van der Waals surface area contributed by atoms with Gasteiger partial charge in [0.25, 0.3) is 0 Å². The molecule has 2 aromatic carbocycles. The minimum absolute atomic E-state index is 0.463. The Bertz CT molecular complexity index is 562. The van der Waals surface area contributed by atoms with Crippen LogP contribution < -0.4 is 10.1 Å². The van der Waals surface area contributed by atoms with Crippen LogP contribution in [-0.4, -0.2) is 19.3 Å². The highest BCUT2D eigenvalue weighted by atomic mass is 16.5. The van der Waals surface area contributed by atoms with E-state index >= 15 is 0 Å². The Morgan fingerprint density at radius 3 is 2.27 bits per heavy atom. The maximum Gasteiger partial charge on any atom is 0.127 e. The van der Waals surface area contributed by atoms with E-state index in [1.165, 1.54) is 0 Å². The topological polar surface area (TPSA) is 30.5 Å². The van der Waals surface area contributed by atoms with Crippen LogP contribution in [0.25, 0.3) is 0 Å². The second kappa shape index (κ2) is 7.32. The third-order valence-electron chi connectivity index (χ3n) is 4.20. The molecule has 0 amide bonds. The van der Waals surface area contributed by atoms with Crippen LogP contribution in [0.5, 0.6) is 11.5 Å². The van der Waals surface area contributed by atoms with Gasteiger partial charge in [0.2, 0.25) is 0 Å². The number of hydrogen-bond donors (Lipinski definition) is 1. The van der Waals surface area contributed by atoms with Gasteiger partial charge >= 0.3 is 0 Å². The Labute approximate surface area is 132 Å². The van der Waals surface area contributed by atoms with Gasteiger partial charge < -0.3 is 14.8 Å². The lowest BCUT2D eigenvalue weighted by molar-refractivity contribution is 0.0622. The Morgan fingerprint density at radius 1 is 0.955 bits per heavy atom. The third-order valence-corrected chi connectivity index (χ3v) is 4.20. The molecule has 3 rings (SSSR count). The first-order chi connectivity index (χ1) is 10.8. The van der Waals surface area contributed by atoms with Gasteiger partial charge in [-0.3, -0.25) is 0 Å². The van der Waals surface area contributed by atoms with Crippen LogP contribution in [0.15, 0.2) is 54.6 Å². The summed E-state index contributed by atoms with van der Waals surface area (Å²) in [5, 5.41) is 3.59. The average Bonchev–Trinajstić information content (AvgIpc) is 2.58. The zero-order chi connectivity index (χ0) is 15.2. The van der Waals surface area contributed by atoms with Crippen molar-refractivity contribution in [3.8, 4) is 11.5 Å². The number of nitrogens with one attached hydrogen (secondary N) is 1. The molecule has 1 heterocycles. The van der Waals surface area contributed by atoms with Crippen molar-refractivity contribution in [1.29, 1.82) is 0 Å². The molecular weight excluding hydrogens is 274 g/mol. The summed E-state index contributed by atoms with van der Waals surface area (Å²) in [6.45, 7) is 4.03. The maximum atomic E-state index is 5.81. The van der Waals surface area contributed by atoms with Crippen molar-refractivity contribution in [3.63, 3.8) is 0 Å². The molecule has 1 aliphatic rings. The summed E-state index contributed by atoms with van der Waals surface area (Å²) in [5.74, 6) is 2.41. The second-order valence-electron chi connectivity index (χ2n) is 5.82. The molecule has 0 radical (unpaired) electrons. The Balaban J connectivity index is 1.57. The van der Waals surface area contributed by atoms with Gasteiger partial charge in [0.15, 0.2) is 0 Å². The fourth-order valence-electron chi connectivity index (χ4n) is 2.84. The van der Waals surface area contributed by atoms with E-state index in [-0.39, 0.29) is 0 Å². The quantitative estimate of drug-likeness (QED) is 0.867. The molecule has 1 aliphatic heterocycles. The summed E-state index contributed by atoms with van der Waals surface area (Å²) in [7, 11) is 0. The van der Waals surface area contributed by atoms with Crippen LogP contribution in [0.2, 0.25) is 0 Å². The lowest BCUT2D eigenvalue weighted by Crippen LogP contribution is -2.30. The van der Waals surface area contributed by atoms with Gasteiger partial charge in [0, 0.05) is 24.9 Å². The molecule has 3 heteroatoms. The second-order valence-corrected chi connectivity index (χ2v) is 5.82. The van der Waals surface area contributed by atoms with Gasteiger partial charge in [-0.15, -0.1) is 0 Å². The number of rotatable bonds is 5. The van der Waals surface area contributed by atoms with Crippen molar-refractivity contribution in [2.75, 3.05) is 18.5 Å². The van der Waals surface area contributed by atoms with Crippen LogP contribution in [-0.2, 0) is 4.74 Å². The molecule has 1 unspecified atom stereocenters. The number of para-hydroxylation sites is 1. The number of hydrogen-bond acceptors (Lipinski definition) is 3. The molecule has 2 aromatic rings. The lowest BCUT2D eigenvalue weighted by atomic mass is 9.93. The highest BCUT2D eigenvalue weighted by Crippen LogP contribution is 2.25. The van der Waals surface area contributed by atoms with Gasteiger partial charge in [-0.05, 0) is 62.1 Å². The molecule has 3 nitrogen and oxygen atoms in total. The molecule has 22 heavy (non-hydrogen) atoms. The van der Waals surface area contributed by atoms with Crippen LogP contribution in [0.3, 0.4) is 0 Å². The average molecular weight is 297 g/mol. The first-order valence-corrected chi connectivity index (χ1v) is 7.98. The first-order valence-electron chi connectivity index (χ1n) is 7.98. The largest absolute Gasteiger partial charge is 0.457 e. The van der Waals surface area contributed by atoms with E-state index in [1.54, 1.807) is 0 Å². The van der Waals surface area contributed by atoms with Gasteiger partial charge in [-0.1, -0.05) is 18.2 Å². The monoisotopic (exact) mass is 297 g/mol. The SMILES string of the molecule is CC(Nc1ccc(Oc2ccccc2)cc1)C1CCOCC1.